The summed E-state index contributed by atoms with van der Waals surface area (Å²) in [5.41, 5.74) is 0.510. The van der Waals surface area contributed by atoms with Crippen LogP contribution in [0, 0.1) is 13.7 Å². The normalized spacial score (nSPS) is 10.4. The van der Waals surface area contributed by atoms with E-state index in [0.29, 0.717) is 18.1 Å². The van der Waals surface area contributed by atoms with Gasteiger partial charge in [0, 0.05) is 16.1 Å². The van der Waals surface area contributed by atoms with E-state index in [4.69, 9.17) is 4.42 Å². The van der Waals surface area contributed by atoms with Gasteiger partial charge in [0.25, 0.3) is 5.69 Å². The molecule has 1 N–H and O–H groups in total. The lowest BCUT2D eigenvalue weighted by molar-refractivity contribution is -0.384. The van der Waals surface area contributed by atoms with Crippen molar-refractivity contribution >= 4 is 34.0 Å². The maximum atomic E-state index is 11.0. The molecule has 2 aromatic rings. The van der Waals surface area contributed by atoms with E-state index in [0.717, 1.165) is 15.8 Å². The summed E-state index contributed by atoms with van der Waals surface area (Å²) in [6.07, 6.45) is 2.44. The van der Waals surface area contributed by atoms with Crippen LogP contribution in [-0.2, 0) is 13.0 Å². The average Bonchev–Trinajstić information content (AvgIpc) is 2.85. The summed E-state index contributed by atoms with van der Waals surface area (Å²) in [7, 11) is 0. The summed E-state index contributed by atoms with van der Waals surface area (Å²) < 4.78 is 6.25. The Morgan fingerprint density at radius 2 is 2.32 bits per heavy atom. The van der Waals surface area contributed by atoms with Crippen LogP contribution in [0.15, 0.2) is 28.8 Å². The van der Waals surface area contributed by atoms with E-state index < -0.39 is 4.92 Å². The smallest absolute Gasteiger partial charge is 0.293 e. The summed E-state index contributed by atoms with van der Waals surface area (Å²) in [5.74, 6) is 1.32. The molecule has 0 aliphatic carbocycles. The summed E-state index contributed by atoms with van der Waals surface area (Å²) in [5, 5.41) is 13.9. The van der Waals surface area contributed by atoms with E-state index in [1.165, 1.54) is 6.07 Å². The van der Waals surface area contributed by atoms with Gasteiger partial charge in [0.1, 0.15) is 11.4 Å². The zero-order chi connectivity index (χ0) is 13.8. The molecule has 0 aliphatic heterocycles. The minimum atomic E-state index is -0.405. The topological polar surface area (TPSA) is 81.2 Å². The highest BCUT2D eigenvalue weighted by Crippen LogP contribution is 2.26. The van der Waals surface area contributed by atoms with Gasteiger partial charge in [-0.25, -0.2) is 4.98 Å². The first-order chi connectivity index (χ1) is 9.10. The zero-order valence-corrected chi connectivity index (χ0v) is 12.4. The second-order valence-electron chi connectivity index (χ2n) is 3.85. The molecule has 1 aromatic carbocycles. The van der Waals surface area contributed by atoms with Crippen molar-refractivity contribution in [2.45, 2.75) is 19.9 Å². The van der Waals surface area contributed by atoms with Crippen molar-refractivity contribution in [1.82, 2.24) is 4.98 Å². The van der Waals surface area contributed by atoms with E-state index >= 15 is 0 Å². The van der Waals surface area contributed by atoms with Crippen LogP contribution in [0.1, 0.15) is 18.6 Å². The Morgan fingerprint density at radius 1 is 1.53 bits per heavy atom. The number of rotatable bonds is 5. The lowest BCUT2D eigenvalue weighted by Gasteiger charge is -2.05. The second-order valence-corrected chi connectivity index (χ2v) is 5.09. The van der Waals surface area contributed by atoms with Crippen LogP contribution in [0.25, 0.3) is 0 Å². The van der Waals surface area contributed by atoms with Gasteiger partial charge in [0.2, 0.25) is 5.89 Å². The van der Waals surface area contributed by atoms with Crippen LogP contribution in [-0.4, -0.2) is 9.91 Å². The molecule has 6 nitrogen and oxygen atoms in total. The van der Waals surface area contributed by atoms with Crippen LogP contribution >= 0.6 is 22.6 Å². The van der Waals surface area contributed by atoms with Crippen molar-refractivity contribution in [3.05, 3.63) is 49.7 Å². The highest BCUT2D eigenvalue weighted by molar-refractivity contribution is 14.1. The summed E-state index contributed by atoms with van der Waals surface area (Å²) >= 11 is 2.04. The van der Waals surface area contributed by atoms with Gasteiger partial charge in [-0.15, -0.1) is 0 Å². The van der Waals surface area contributed by atoms with Gasteiger partial charge < -0.3 is 9.73 Å². The minimum Gasteiger partial charge on any atom is -0.444 e. The van der Waals surface area contributed by atoms with Crippen LogP contribution in [0.4, 0.5) is 11.4 Å². The Morgan fingerprint density at radius 3 is 2.95 bits per heavy atom. The van der Waals surface area contributed by atoms with Crippen LogP contribution < -0.4 is 5.32 Å². The van der Waals surface area contributed by atoms with E-state index in [9.17, 15) is 10.1 Å². The van der Waals surface area contributed by atoms with Crippen LogP contribution in [0.5, 0.6) is 0 Å². The Hall–Kier alpha value is -1.64. The Balaban J connectivity index is 2.12. The molecule has 1 heterocycles. The van der Waals surface area contributed by atoms with Crippen molar-refractivity contribution in [2.24, 2.45) is 0 Å². The summed E-state index contributed by atoms with van der Waals surface area (Å²) in [6, 6.07) is 5.02. The molecule has 0 radical (unpaired) electrons. The largest absolute Gasteiger partial charge is 0.444 e. The molecule has 0 saturated carbocycles. The first-order valence-electron chi connectivity index (χ1n) is 5.71. The molecule has 0 spiro atoms. The number of aromatic nitrogens is 1. The average molecular weight is 373 g/mol. The number of halogens is 1. The minimum absolute atomic E-state index is 0.0502. The quantitative estimate of drug-likeness (QED) is 0.494. The first kappa shape index (κ1) is 13.8. The molecule has 19 heavy (non-hydrogen) atoms. The van der Waals surface area contributed by atoms with E-state index in [2.05, 4.69) is 10.3 Å². The Kier molecular flexibility index (Phi) is 4.35. The fourth-order valence-corrected chi connectivity index (χ4v) is 2.04. The highest BCUT2D eigenvalue weighted by atomic mass is 127. The van der Waals surface area contributed by atoms with Crippen molar-refractivity contribution in [2.75, 3.05) is 5.32 Å². The Bertz CT molecular complexity index is 598. The van der Waals surface area contributed by atoms with Gasteiger partial charge in [-0.1, -0.05) is 6.92 Å². The third kappa shape index (κ3) is 3.43. The summed E-state index contributed by atoms with van der Waals surface area (Å²) in [6.45, 7) is 2.29. The SMILES string of the molecule is CCc1cnc(CNc2ccc(I)cc2[N+](=O)[O-])o1. The van der Waals surface area contributed by atoms with Gasteiger partial charge >= 0.3 is 0 Å². The number of nitrogens with one attached hydrogen (secondary N) is 1. The first-order valence-corrected chi connectivity index (χ1v) is 6.79. The molecular weight excluding hydrogens is 361 g/mol. The predicted octanol–water partition coefficient (Wildman–Crippen LogP) is 3.36. The Labute approximate surface area is 123 Å². The van der Waals surface area contributed by atoms with Crippen LogP contribution in [0.3, 0.4) is 0 Å². The van der Waals surface area contributed by atoms with Crippen LogP contribution in [0.2, 0.25) is 0 Å². The number of hydrogen-bond acceptors (Lipinski definition) is 5. The van der Waals surface area contributed by atoms with E-state index in [1.807, 2.05) is 35.6 Å². The number of aryl methyl sites for hydroxylation is 1. The number of nitro benzene ring substituents is 1. The summed E-state index contributed by atoms with van der Waals surface area (Å²) in [4.78, 5) is 14.6. The molecule has 1 aromatic heterocycles. The van der Waals surface area contributed by atoms with Crippen molar-refractivity contribution < 1.29 is 9.34 Å². The maximum absolute atomic E-state index is 11.0. The molecule has 100 valence electrons. The van der Waals surface area contributed by atoms with Gasteiger partial charge in [0.05, 0.1) is 17.7 Å². The molecule has 0 amide bonds. The van der Waals surface area contributed by atoms with E-state index in [-0.39, 0.29) is 5.69 Å². The molecule has 0 unspecified atom stereocenters. The third-order valence-corrected chi connectivity index (χ3v) is 3.21. The van der Waals surface area contributed by atoms with E-state index in [1.54, 1.807) is 12.3 Å². The number of nitro groups is 1. The monoisotopic (exact) mass is 373 g/mol. The standard InChI is InChI=1S/C12H12IN3O3/c1-2-9-6-15-12(19-9)7-14-10-4-3-8(13)5-11(10)16(17)18/h3-6,14H,2,7H2,1H3. The van der Waals surface area contributed by atoms with Gasteiger partial charge in [0.15, 0.2) is 0 Å². The molecule has 0 atom stereocenters. The van der Waals surface area contributed by atoms with Crippen molar-refractivity contribution in [3.8, 4) is 0 Å². The van der Waals surface area contributed by atoms with Crippen molar-refractivity contribution in [3.63, 3.8) is 0 Å². The molecule has 0 fully saturated rings. The fraction of sp³-hybridized carbons (Fsp3) is 0.250. The van der Waals surface area contributed by atoms with Crippen molar-refractivity contribution in [1.29, 1.82) is 0 Å². The molecule has 0 saturated heterocycles. The number of anilines is 1. The number of hydrogen-bond donors (Lipinski definition) is 1. The second kappa shape index (κ2) is 6.00. The molecule has 7 heteroatoms. The predicted molar refractivity (Wildman–Crippen MR) is 79.0 cm³/mol. The molecule has 2 rings (SSSR count). The zero-order valence-electron chi connectivity index (χ0n) is 10.2. The number of benzene rings is 1. The third-order valence-electron chi connectivity index (χ3n) is 2.54. The molecular formula is C12H12IN3O3. The molecule has 0 aliphatic rings. The highest BCUT2D eigenvalue weighted by Gasteiger charge is 2.14. The number of oxazole rings is 1. The van der Waals surface area contributed by atoms with Gasteiger partial charge in [-0.2, -0.15) is 0 Å². The van der Waals surface area contributed by atoms with Gasteiger partial charge in [-0.3, -0.25) is 10.1 Å². The molecule has 0 bridgehead atoms. The lowest BCUT2D eigenvalue weighted by Crippen LogP contribution is -2.03. The number of nitrogens with zero attached hydrogens (tertiary/aromatic N) is 2. The fourth-order valence-electron chi connectivity index (χ4n) is 1.57. The lowest BCUT2D eigenvalue weighted by atomic mass is 10.2. The maximum Gasteiger partial charge on any atom is 0.293 e. The van der Waals surface area contributed by atoms with Gasteiger partial charge in [-0.05, 0) is 34.7 Å².